The third kappa shape index (κ3) is 4.05. The lowest BCUT2D eigenvalue weighted by molar-refractivity contribution is 0.535. The van der Waals surface area contributed by atoms with E-state index in [9.17, 15) is 8.78 Å². The Labute approximate surface area is 128 Å². The van der Waals surface area contributed by atoms with Crippen LogP contribution in [0.25, 0.3) is 0 Å². The van der Waals surface area contributed by atoms with Crippen LogP contribution in [0.5, 0.6) is 0 Å². The molecule has 0 heterocycles. The van der Waals surface area contributed by atoms with Crippen molar-refractivity contribution in [1.29, 1.82) is 0 Å². The lowest BCUT2D eigenvalue weighted by atomic mass is 10.2. The summed E-state index contributed by atoms with van der Waals surface area (Å²) in [6.45, 7) is 7.14. The first kappa shape index (κ1) is 16.0. The van der Waals surface area contributed by atoms with Gasteiger partial charge in [-0.05, 0) is 49.7 Å². The Kier molecular flexibility index (Phi) is 5.37. The molecule has 0 aromatic heterocycles. The predicted octanol–water partition coefficient (Wildman–Crippen LogP) is 4.84. The van der Waals surface area contributed by atoms with Crippen LogP contribution in [0.2, 0.25) is 0 Å². The molecule has 0 fully saturated rings. The van der Waals surface area contributed by atoms with E-state index in [0.717, 1.165) is 34.3 Å². The Morgan fingerprint density at radius 3 is 2.29 bits per heavy atom. The van der Waals surface area contributed by atoms with Crippen molar-refractivity contribution < 1.29 is 8.78 Å². The Morgan fingerprint density at radius 1 is 1.05 bits per heavy atom. The number of hydrogen-bond acceptors (Lipinski definition) is 2. The van der Waals surface area contributed by atoms with Crippen LogP contribution >= 0.6 is 11.8 Å². The van der Waals surface area contributed by atoms with Crippen LogP contribution < -0.4 is 5.32 Å². The minimum atomic E-state index is -0.507. The first-order chi connectivity index (χ1) is 10.0. The molecule has 1 nitrogen and oxygen atoms in total. The second kappa shape index (κ2) is 7.05. The SMILES string of the molecule is CCNCc1cc(F)c(Sc2ccc(C)cc2C)c(F)c1. The summed E-state index contributed by atoms with van der Waals surface area (Å²) in [6, 6.07) is 8.66. The second-order valence-electron chi connectivity index (χ2n) is 5.04. The van der Waals surface area contributed by atoms with Gasteiger partial charge in [-0.15, -0.1) is 0 Å². The minimum Gasteiger partial charge on any atom is -0.313 e. The van der Waals surface area contributed by atoms with Crippen LogP contribution in [-0.2, 0) is 6.54 Å². The molecule has 2 aromatic rings. The van der Waals surface area contributed by atoms with Crippen LogP contribution in [0, 0.1) is 25.5 Å². The third-order valence-electron chi connectivity index (χ3n) is 3.18. The Hall–Kier alpha value is -1.39. The fourth-order valence-electron chi connectivity index (χ4n) is 2.11. The van der Waals surface area contributed by atoms with Crippen LogP contribution in [0.1, 0.15) is 23.6 Å². The summed E-state index contributed by atoms with van der Waals surface area (Å²) in [5.41, 5.74) is 2.78. The zero-order valence-electron chi connectivity index (χ0n) is 12.5. The van der Waals surface area contributed by atoms with Gasteiger partial charge in [0.05, 0.1) is 4.90 Å². The highest BCUT2D eigenvalue weighted by Crippen LogP contribution is 2.34. The highest BCUT2D eigenvalue weighted by atomic mass is 32.2. The van der Waals surface area contributed by atoms with Crippen molar-refractivity contribution in [2.75, 3.05) is 6.54 Å². The molecule has 4 heteroatoms. The van der Waals surface area contributed by atoms with Crippen molar-refractivity contribution in [3.63, 3.8) is 0 Å². The fraction of sp³-hybridized carbons (Fsp3) is 0.294. The molecule has 0 spiro atoms. The van der Waals surface area contributed by atoms with Crippen LogP contribution in [0.3, 0.4) is 0 Å². The molecule has 0 bridgehead atoms. The average molecular weight is 307 g/mol. The zero-order chi connectivity index (χ0) is 15.4. The lowest BCUT2D eigenvalue weighted by Gasteiger charge is -2.10. The van der Waals surface area contributed by atoms with Gasteiger partial charge in [-0.1, -0.05) is 36.4 Å². The van der Waals surface area contributed by atoms with Crippen molar-refractivity contribution in [2.45, 2.75) is 37.1 Å². The van der Waals surface area contributed by atoms with Crippen LogP contribution in [0.15, 0.2) is 40.1 Å². The van der Waals surface area contributed by atoms with Crippen molar-refractivity contribution >= 4 is 11.8 Å². The summed E-state index contributed by atoms with van der Waals surface area (Å²) in [5, 5.41) is 3.06. The highest BCUT2D eigenvalue weighted by Gasteiger charge is 2.14. The summed E-state index contributed by atoms with van der Waals surface area (Å²) < 4.78 is 28.3. The number of hydrogen-bond donors (Lipinski definition) is 1. The third-order valence-corrected chi connectivity index (χ3v) is 4.45. The average Bonchev–Trinajstić information content (AvgIpc) is 2.42. The van der Waals surface area contributed by atoms with E-state index >= 15 is 0 Å². The molecule has 0 aliphatic rings. The summed E-state index contributed by atoms with van der Waals surface area (Å²) in [6.07, 6.45) is 0. The predicted molar refractivity (Wildman–Crippen MR) is 83.8 cm³/mol. The first-order valence-corrected chi connectivity index (χ1v) is 7.76. The molecular formula is C17H19F2NS. The van der Waals surface area contributed by atoms with Gasteiger partial charge < -0.3 is 5.32 Å². The van der Waals surface area contributed by atoms with Gasteiger partial charge in [0.15, 0.2) is 0 Å². The molecule has 2 rings (SSSR count). The largest absolute Gasteiger partial charge is 0.313 e. The summed E-state index contributed by atoms with van der Waals surface area (Å²) in [5.74, 6) is -1.01. The summed E-state index contributed by atoms with van der Waals surface area (Å²) in [4.78, 5) is 0.931. The quantitative estimate of drug-likeness (QED) is 0.848. The van der Waals surface area contributed by atoms with Gasteiger partial charge in [0, 0.05) is 11.4 Å². The molecule has 0 aliphatic heterocycles. The van der Waals surface area contributed by atoms with E-state index in [1.54, 1.807) is 0 Å². The maximum Gasteiger partial charge on any atom is 0.140 e. The van der Waals surface area contributed by atoms with E-state index in [-0.39, 0.29) is 4.90 Å². The molecular weight excluding hydrogens is 288 g/mol. The number of halogens is 2. The van der Waals surface area contributed by atoms with Gasteiger partial charge in [-0.3, -0.25) is 0 Å². The fourth-order valence-corrected chi connectivity index (χ4v) is 2.99. The normalized spacial score (nSPS) is 10.9. The van der Waals surface area contributed by atoms with E-state index < -0.39 is 11.6 Å². The number of rotatable bonds is 5. The molecule has 1 N–H and O–H groups in total. The molecule has 0 aliphatic carbocycles. The molecule has 0 atom stereocenters. The second-order valence-corrected chi connectivity index (χ2v) is 6.09. The number of nitrogens with one attached hydrogen (secondary N) is 1. The monoisotopic (exact) mass is 307 g/mol. The van der Waals surface area contributed by atoms with Crippen LogP contribution in [0.4, 0.5) is 8.78 Å². The maximum atomic E-state index is 14.1. The number of aryl methyl sites for hydroxylation is 2. The smallest absolute Gasteiger partial charge is 0.140 e. The van der Waals surface area contributed by atoms with Crippen molar-refractivity contribution in [1.82, 2.24) is 5.32 Å². The van der Waals surface area contributed by atoms with Crippen molar-refractivity contribution in [3.8, 4) is 0 Å². The van der Waals surface area contributed by atoms with Crippen molar-refractivity contribution in [2.24, 2.45) is 0 Å². The lowest BCUT2D eigenvalue weighted by Crippen LogP contribution is -2.12. The molecule has 0 amide bonds. The van der Waals surface area contributed by atoms with Crippen molar-refractivity contribution in [3.05, 3.63) is 58.7 Å². The highest BCUT2D eigenvalue weighted by molar-refractivity contribution is 7.99. The Bertz CT molecular complexity index is 618. The molecule has 112 valence electrons. The van der Waals surface area contributed by atoms with Gasteiger partial charge in [0.2, 0.25) is 0 Å². The minimum absolute atomic E-state index is 0.0576. The van der Waals surface area contributed by atoms with E-state index in [1.165, 1.54) is 12.1 Å². The zero-order valence-corrected chi connectivity index (χ0v) is 13.3. The van der Waals surface area contributed by atoms with Gasteiger partial charge in [0.25, 0.3) is 0 Å². The van der Waals surface area contributed by atoms with E-state index in [4.69, 9.17) is 0 Å². The molecule has 0 radical (unpaired) electrons. The van der Waals surface area contributed by atoms with Gasteiger partial charge in [-0.25, -0.2) is 8.78 Å². The summed E-state index contributed by atoms with van der Waals surface area (Å²) >= 11 is 1.14. The Morgan fingerprint density at radius 2 is 1.71 bits per heavy atom. The van der Waals surface area contributed by atoms with Crippen LogP contribution in [-0.4, -0.2) is 6.54 Å². The molecule has 21 heavy (non-hydrogen) atoms. The Balaban J connectivity index is 2.27. The molecule has 0 unspecified atom stereocenters. The van der Waals surface area contributed by atoms with Gasteiger partial charge in [-0.2, -0.15) is 0 Å². The molecule has 2 aromatic carbocycles. The van der Waals surface area contributed by atoms with E-state index in [0.29, 0.717) is 12.1 Å². The van der Waals surface area contributed by atoms with Gasteiger partial charge >= 0.3 is 0 Å². The molecule has 0 saturated heterocycles. The standard InChI is InChI=1S/C17H19F2NS/c1-4-20-10-13-8-14(18)17(15(19)9-13)21-16-6-5-11(2)7-12(16)3/h5-9,20H,4,10H2,1-3H3. The summed E-state index contributed by atoms with van der Waals surface area (Å²) in [7, 11) is 0. The topological polar surface area (TPSA) is 12.0 Å². The first-order valence-electron chi connectivity index (χ1n) is 6.95. The van der Waals surface area contributed by atoms with E-state index in [1.807, 2.05) is 39.0 Å². The molecule has 0 saturated carbocycles. The maximum absolute atomic E-state index is 14.1. The van der Waals surface area contributed by atoms with Gasteiger partial charge in [0.1, 0.15) is 11.6 Å². The number of benzene rings is 2. The van der Waals surface area contributed by atoms with E-state index in [2.05, 4.69) is 5.32 Å².